The molecule has 0 fully saturated rings. The number of amides is 2. The summed E-state index contributed by atoms with van der Waals surface area (Å²) in [5.41, 5.74) is -0.267. The molecule has 0 saturated heterocycles. The van der Waals surface area contributed by atoms with E-state index in [0.717, 1.165) is 0 Å². The Bertz CT molecular complexity index is 451. The molecule has 1 aromatic rings. The molecule has 0 spiro atoms. The molecule has 8 nitrogen and oxygen atoms in total. The maximum absolute atomic E-state index is 11.5. The van der Waals surface area contributed by atoms with Crippen molar-refractivity contribution >= 4 is 11.8 Å². The van der Waals surface area contributed by atoms with E-state index in [1.165, 1.54) is 19.2 Å². The number of aromatic nitrogens is 2. The lowest BCUT2D eigenvalue weighted by Crippen LogP contribution is -2.36. The summed E-state index contributed by atoms with van der Waals surface area (Å²) >= 11 is 0. The van der Waals surface area contributed by atoms with E-state index in [0.29, 0.717) is 0 Å². The first-order valence-corrected chi connectivity index (χ1v) is 5.23. The SMILES string of the molecule is COCC(=O)NCCNC(=O)c1ccc(=O)[nH]n1. The summed E-state index contributed by atoms with van der Waals surface area (Å²) in [5.74, 6) is -0.679. The molecular weight excluding hydrogens is 240 g/mol. The summed E-state index contributed by atoms with van der Waals surface area (Å²) < 4.78 is 4.62. The van der Waals surface area contributed by atoms with Crippen molar-refractivity contribution in [3.8, 4) is 0 Å². The third-order valence-electron chi connectivity index (χ3n) is 1.92. The van der Waals surface area contributed by atoms with Crippen LogP contribution in [0.2, 0.25) is 0 Å². The number of ether oxygens (including phenoxy) is 1. The van der Waals surface area contributed by atoms with Crippen molar-refractivity contribution < 1.29 is 14.3 Å². The summed E-state index contributed by atoms with van der Waals surface area (Å²) in [4.78, 5) is 33.2. The second kappa shape index (κ2) is 7.17. The van der Waals surface area contributed by atoms with Crippen LogP contribution >= 0.6 is 0 Å². The van der Waals surface area contributed by atoms with Gasteiger partial charge >= 0.3 is 0 Å². The van der Waals surface area contributed by atoms with Crippen LogP contribution in [-0.2, 0) is 9.53 Å². The molecule has 98 valence electrons. The normalized spacial score (nSPS) is 9.83. The van der Waals surface area contributed by atoms with Crippen LogP contribution in [0.1, 0.15) is 10.5 Å². The lowest BCUT2D eigenvalue weighted by atomic mass is 10.3. The summed E-state index contributed by atoms with van der Waals surface area (Å²) in [6, 6.07) is 2.53. The van der Waals surface area contributed by atoms with Crippen molar-refractivity contribution in [3.63, 3.8) is 0 Å². The Hall–Kier alpha value is -2.22. The Morgan fingerprint density at radius 1 is 1.33 bits per heavy atom. The molecular formula is C10H14N4O4. The van der Waals surface area contributed by atoms with Gasteiger partial charge in [0, 0.05) is 26.3 Å². The number of rotatable bonds is 6. The van der Waals surface area contributed by atoms with E-state index in [4.69, 9.17) is 0 Å². The van der Waals surface area contributed by atoms with Crippen LogP contribution in [0.4, 0.5) is 0 Å². The minimum Gasteiger partial charge on any atom is -0.375 e. The third kappa shape index (κ3) is 4.74. The first-order chi connectivity index (χ1) is 8.63. The van der Waals surface area contributed by atoms with Gasteiger partial charge in [-0.05, 0) is 6.07 Å². The number of H-pyrrole nitrogens is 1. The Balaban J connectivity index is 2.27. The fourth-order valence-electron chi connectivity index (χ4n) is 1.12. The zero-order valence-corrected chi connectivity index (χ0v) is 9.86. The lowest BCUT2D eigenvalue weighted by Gasteiger charge is -2.05. The van der Waals surface area contributed by atoms with Crippen molar-refractivity contribution in [3.05, 3.63) is 28.2 Å². The Morgan fingerprint density at radius 3 is 2.67 bits per heavy atom. The van der Waals surface area contributed by atoms with E-state index >= 15 is 0 Å². The summed E-state index contributed by atoms with van der Waals surface area (Å²) in [5, 5.41) is 10.8. The van der Waals surface area contributed by atoms with Crippen molar-refractivity contribution in [2.45, 2.75) is 0 Å². The van der Waals surface area contributed by atoms with Gasteiger partial charge in [0.25, 0.3) is 11.5 Å². The third-order valence-corrected chi connectivity index (χ3v) is 1.92. The molecule has 2 amide bonds. The number of carbonyl (C=O) groups excluding carboxylic acids is 2. The van der Waals surface area contributed by atoms with E-state index in [1.54, 1.807) is 0 Å². The van der Waals surface area contributed by atoms with Crippen LogP contribution in [0, 0.1) is 0 Å². The maximum atomic E-state index is 11.5. The lowest BCUT2D eigenvalue weighted by molar-refractivity contribution is -0.124. The van der Waals surface area contributed by atoms with Gasteiger partial charge in [0.1, 0.15) is 12.3 Å². The van der Waals surface area contributed by atoms with Crippen LogP contribution in [0.3, 0.4) is 0 Å². The monoisotopic (exact) mass is 254 g/mol. The number of methoxy groups -OCH3 is 1. The zero-order valence-electron chi connectivity index (χ0n) is 9.86. The smallest absolute Gasteiger partial charge is 0.271 e. The Kier molecular flexibility index (Phi) is 5.52. The quantitative estimate of drug-likeness (QED) is 0.522. The first-order valence-electron chi connectivity index (χ1n) is 5.23. The predicted octanol–water partition coefficient (Wildman–Crippen LogP) is -1.74. The first kappa shape index (κ1) is 13.8. The molecule has 0 atom stereocenters. The molecule has 0 aromatic carbocycles. The van der Waals surface area contributed by atoms with Gasteiger partial charge in [-0.25, -0.2) is 5.10 Å². The average molecular weight is 254 g/mol. The van der Waals surface area contributed by atoms with Crippen molar-refractivity contribution in [1.29, 1.82) is 0 Å². The molecule has 0 radical (unpaired) electrons. The molecule has 8 heteroatoms. The van der Waals surface area contributed by atoms with Gasteiger partial charge < -0.3 is 15.4 Å². The predicted molar refractivity (Wildman–Crippen MR) is 62.1 cm³/mol. The Labute approximate surface area is 103 Å². The van der Waals surface area contributed by atoms with Gasteiger partial charge in [-0.2, -0.15) is 5.10 Å². The van der Waals surface area contributed by atoms with Crippen LogP contribution in [0.5, 0.6) is 0 Å². The highest BCUT2D eigenvalue weighted by atomic mass is 16.5. The van der Waals surface area contributed by atoms with E-state index in [1.807, 2.05) is 0 Å². The largest absolute Gasteiger partial charge is 0.375 e. The Morgan fingerprint density at radius 2 is 2.06 bits per heavy atom. The summed E-state index contributed by atoms with van der Waals surface area (Å²) in [7, 11) is 1.42. The highest BCUT2D eigenvalue weighted by molar-refractivity contribution is 5.91. The van der Waals surface area contributed by atoms with Crippen molar-refractivity contribution in [1.82, 2.24) is 20.8 Å². The minimum atomic E-state index is -0.424. The van der Waals surface area contributed by atoms with Gasteiger partial charge in [-0.3, -0.25) is 14.4 Å². The van der Waals surface area contributed by atoms with E-state index in [-0.39, 0.29) is 36.9 Å². The van der Waals surface area contributed by atoms with Gasteiger partial charge in [-0.1, -0.05) is 0 Å². The van der Waals surface area contributed by atoms with E-state index in [2.05, 4.69) is 25.6 Å². The fourth-order valence-corrected chi connectivity index (χ4v) is 1.12. The van der Waals surface area contributed by atoms with Crippen molar-refractivity contribution in [2.75, 3.05) is 26.8 Å². The number of aromatic amines is 1. The van der Waals surface area contributed by atoms with Gasteiger partial charge in [0.15, 0.2) is 0 Å². The van der Waals surface area contributed by atoms with Gasteiger partial charge in [-0.15, -0.1) is 0 Å². The average Bonchev–Trinajstić information content (AvgIpc) is 2.35. The standard InChI is InChI=1S/C10H14N4O4/c1-18-6-9(16)11-4-5-12-10(17)7-2-3-8(15)14-13-7/h2-3H,4-6H2,1H3,(H,11,16)(H,12,17)(H,14,15). The summed E-state index contributed by atoms with van der Waals surface area (Å²) in [6.45, 7) is 0.530. The topological polar surface area (TPSA) is 113 Å². The number of hydrogen-bond acceptors (Lipinski definition) is 5. The number of nitrogens with one attached hydrogen (secondary N) is 3. The number of carbonyl (C=O) groups is 2. The molecule has 1 aromatic heterocycles. The van der Waals surface area contributed by atoms with E-state index in [9.17, 15) is 14.4 Å². The molecule has 18 heavy (non-hydrogen) atoms. The highest BCUT2D eigenvalue weighted by Crippen LogP contribution is 1.87. The van der Waals surface area contributed by atoms with Gasteiger partial charge in [0.2, 0.25) is 5.91 Å². The molecule has 0 aliphatic heterocycles. The van der Waals surface area contributed by atoms with Gasteiger partial charge in [0.05, 0.1) is 0 Å². The van der Waals surface area contributed by atoms with Crippen LogP contribution < -0.4 is 16.2 Å². The second-order valence-electron chi connectivity index (χ2n) is 3.35. The molecule has 0 bridgehead atoms. The molecule has 0 aliphatic rings. The highest BCUT2D eigenvalue weighted by Gasteiger charge is 2.06. The zero-order chi connectivity index (χ0) is 13.4. The maximum Gasteiger partial charge on any atom is 0.271 e. The van der Waals surface area contributed by atoms with Crippen LogP contribution in [-0.4, -0.2) is 48.8 Å². The minimum absolute atomic E-state index is 0.0184. The molecule has 1 rings (SSSR count). The fraction of sp³-hybridized carbons (Fsp3) is 0.400. The van der Waals surface area contributed by atoms with Crippen LogP contribution in [0.15, 0.2) is 16.9 Å². The molecule has 3 N–H and O–H groups in total. The van der Waals surface area contributed by atoms with E-state index < -0.39 is 5.91 Å². The van der Waals surface area contributed by atoms with Crippen LogP contribution in [0.25, 0.3) is 0 Å². The number of hydrogen-bond donors (Lipinski definition) is 3. The molecule has 0 aliphatic carbocycles. The van der Waals surface area contributed by atoms with Crippen molar-refractivity contribution in [2.24, 2.45) is 0 Å². The molecule has 1 heterocycles. The molecule has 0 unspecified atom stereocenters. The number of nitrogens with zero attached hydrogens (tertiary/aromatic N) is 1. The molecule has 0 saturated carbocycles. The second-order valence-corrected chi connectivity index (χ2v) is 3.35. The summed E-state index contributed by atoms with van der Waals surface area (Å²) in [6.07, 6.45) is 0.